The van der Waals surface area contributed by atoms with Gasteiger partial charge in [-0.05, 0) is 54.3 Å². The van der Waals surface area contributed by atoms with Gasteiger partial charge in [-0.2, -0.15) is 4.31 Å². The Labute approximate surface area is 182 Å². The molecule has 0 radical (unpaired) electrons. The van der Waals surface area contributed by atoms with Crippen LogP contribution in [0.4, 0.5) is 5.82 Å². The molecule has 7 nitrogen and oxygen atoms in total. The molecule has 0 bridgehead atoms. The molecule has 1 aromatic heterocycles. The first-order valence-corrected chi connectivity index (χ1v) is 11.8. The minimum Gasteiger partial charge on any atom is -0.367 e. The number of anilines is 1. The highest BCUT2D eigenvalue weighted by Crippen LogP contribution is 2.25. The monoisotopic (exact) mass is 438 g/mol. The number of carbonyl (C=O) groups is 1. The van der Waals surface area contributed by atoms with Crippen molar-refractivity contribution in [2.24, 2.45) is 0 Å². The molecule has 2 heterocycles. The lowest BCUT2D eigenvalue weighted by molar-refractivity contribution is 0.0962. The minimum atomic E-state index is -3.55. The quantitative estimate of drug-likeness (QED) is 0.638. The van der Waals surface area contributed by atoms with Gasteiger partial charge in [0, 0.05) is 32.4 Å². The van der Waals surface area contributed by atoms with E-state index in [0.29, 0.717) is 35.8 Å². The summed E-state index contributed by atoms with van der Waals surface area (Å²) >= 11 is 0. The summed E-state index contributed by atoms with van der Waals surface area (Å²) in [6.07, 6.45) is 3.84. The van der Waals surface area contributed by atoms with E-state index in [2.05, 4.69) is 15.6 Å². The lowest BCUT2D eigenvalue weighted by Gasteiger charge is -2.21. The third-order valence-electron chi connectivity index (χ3n) is 5.65. The van der Waals surface area contributed by atoms with E-state index in [4.69, 9.17) is 0 Å². The van der Waals surface area contributed by atoms with Gasteiger partial charge in [0.1, 0.15) is 5.82 Å². The summed E-state index contributed by atoms with van der Waals surface area (Å²) in [6.45, 7) is 0.944. The van der Waals surface area contributed by atoms with Crippen molar-refractivity contribution in [3.8, 4) is 0 Å². The standard InChI is InChI=1S/C23H26N4O3S/c1-24-23(28)19-9-11-22(25-16-19)26-20-7-4-13-27(14-12-20)31(29,30)21-10-8-17-5-2-3-6-18(17)15-21/h2-3,5-6,8-11,15-16,20H,4,7,12-14H2,1H3,(H,24,28)(H,25,26). The van der Waals surface area contributed by atoms with Gasteiger partial charge in [-0.15, -0.1) is 0 Å². The van der Waals surface area contributed by atoms with Crippen LogP contribution in [0.3, 0.4) is 0 Å². The number of hydrogen-bond acceptors (Lipinski definition) is 5. The van der Waals surface area contributed by atoms with Crippen LogP contribution in [0.15, 0.2) is 65.7 Å². The molecule has 2 N–H and O–H groups in total. The van der Waals surface area contributed by atoms with Crippen molar-refractivity contribution >= 4 is 32.5 Å². The fraction of sp³-hybridized carbons (Fsp3) is 0.304. The lowest BCUT2D eigenvalue weighted by atomic mass is 10.1. The van der Waals surface area contributed by atoms with Crippen LogP contribution in [0.1, 0.15) is 29.6 Å². The molecule has 1 unspecified atom stereocenters. The van der Waals surface area contributed by atoms with Gasteiger partial charge >= 0.3 is 0 Å². The predicted octanol–water partition coefficient (Wildman–Crippen LogP) is 3.25. The van der Waals surface area contributed by atoms with Crippen LogP contribution < -0.4 is 10.6 Å². The van der Waals surface area contributed by atoms with Crippen LogP contribution >= 0.6 is 0 Å². The van der Waals surface area contributed by atoms with Gasteiger partial charge in [-0.3, -0.25) is 4.79 Å². The highest BCUT2D eigenvalue weighted by atomic mass is 32.2. The molecule has 8 heteroatoms. The second-order valence-corrected chi connectivity index (χ2v) is 9.63. The largest absolute Gasteiger partial charge is 0.367 e. The van der Waals surface area contributed by atoms with Crippen LogP contribution in [0.5, 0.6) is 0 Å². The number of nitrogens with zero attached hydrogens (tertiary/aromatic N) is 2. The number of hydrogen-bond donors (Lipinski definition) is 2. The van der Waals surface area contributed by atoms with Crippen molar-refractivity contribution in [2.45, 2.75) is 30.2 Å². The Morgan fingerprint density at radius 1 is 1.03 bits per heavy atom. The smallest absolute Gasteiger partial charge is 0.252 e. The van der Waals surface area contributed by atoms with Crippen LogP contribution in [0.2, 0.25) is 0 Å². The number of amides is 1. The average Bonchev–Trinajstić information content (AvgIpc) is 3.05. The molecule has 1 saturated heterocycles. The normalized spacial score (nSPS) is 17.8. The number of pyridine rings is 1. The molecule has 3 aromatic rings. The second-order valence-electron chi connectivity index (χ2n) is 7.70. The van der Waals surface area contributed by atoms with Crippen LogP contribution in [-0.2, 0) is 10.0 Å². The maximum atomic E-state index is 13.2. The Morgan fingerprint density at radius 3 is 2.58 bits per heavy atom. The number of sulfonamides is 1. The van der Waals surface area contributed by atoms with E-state index >= 15 is 0 Å². The van der Waals surface area contributed by atoms with Crippen molar-refractivity contribution in [2.75, 3.05) is 25.5 Å². The molecule has 1 atom stereocenters. The molecule has 1 fully saturated rings. The molecule has 0 aliphatic carbocycles. The highest BCUT2D eigenvalue weighted by Gasteiger charge is 2.28. The van der Waals surface area contributed by atoms with E-state index in [0.717, 1.165) is 23.6 Å². The molecule has 1 amide bonds. The molecular weight excluding hydrogens is 412 g/mol. The molecule has 31 heavy (non-hydrogen) atoms. The van der Waals surface area contributed by atoms with E-state index < -0.39 is 10.0 Å². The first-order chi connectivity index (χ1) is 15.0. The average molecular weight is 439 g/mol. The summed E-state index contributed by atoms with van der Waals surface area (Å²) in [4.78, 5) is 16.3. The number of carbonyl (C=O) groups excluding carboxylic acids is 1. The third kappa shape index (κ3) is 4.70. The van der Waals surface area contributed by atoms with Crippen LogP contribution in [-0.4, -0.2) is 49.8 Å². The summed E-state index contributed by atoms with van der Waals surface area (Å²) in [5, 5.41) is 7.89. The fourth-order valence-corrected chi connectivity index (χ4v) is 5.43. The van der Waals surface area contributed by atoms with Gasteiger partial charge in [0.05, 0.1) is 10.5 Å². The highest BCUT2D eigenvalue weighted by molar-refractivity contribution is 7.89. The zero-order valence-corrected chi connectivity index (χ0v) is 18.2. The molecule has 2 aromatic carbocycles. The molecule has 1 aliphatic heterocycles. The Morgan fingerprint density at radius 2 is 1.84 bits per heavy atom. The van der Waals surface area contributed by atoms with Gasteiger partial charge < -0.3 is 10.6 Å². The molecule has 4 rings (SSSR count). The van der Waals surface area contributed by atoms with Gasteiger partial charge in [0.25, 0.3) is 5.91 Å². The summed E-state index contributed by atoms with van der Waals surface area (Å²) in [6, 6.07) is 16.7. The Kier molecular flexibility index (Phi) is 6.20. The topological polar surface area (TPSA) is 91.4 Å². The van der Waals surface area contributed by atoms with Crippen molar-refractivity contribution in [1.29, 1.82) is 0 Å². The SMILES string of the molecule is CNC(=O)c1ccc(NC2CCCN(S(=O)(=O)c3ccc4ccccc4c3)CC2)nc1. The number of nitrogens with one attached hydrogen (secondary N) is 2. The zero-order chi connectivity index (χ0) is 21.8. The lowest BCUT2D eigenvalue weighted by Crippen LogP contribution is -2.32. The van der Waals surface area contributed by atoms with Crippen molar-refractivity contribution < 1.29 is 13.2 Å². The minimum absolute atomic E-state index is 0.121. The Balaban J connectivity index is 1.43. The maximum Gasteiger partial charge on any atom is 0.252 e. The van der Waals surface area contributed by atoms with Gasteiger partial charge in [0.2, 0.25) is 10.0 Å². The van der Waals surface area contributed by atoms with Gasteiger partial charge in [-0.25, -0.2) is 13.4 Å². The van der Waals surface area contributed by atoms with E-state index in [1.165, 1.54) is 6.20 Å². The molecule has 0 saturated carbocycles. The summed E-state index contributed by atoms with van der Waals surface area (Å²) in [5.41, 5.74) is 0.501. The van der Waals surface area contributed by atoms with Crippen molar-refractivity contribution in [1.82, 2.24) is 14.6 Å². The van der Waals surface area contributed by atoms with Gasteiger partial charge in [0.15, 0.2) is 0 Å². The second kappa shape index (κ2) is 9.03. The van der Waals surface area contributed by atoms with Crippen molar-refractivity contribution in [3.05, 3.63) is 66.4 Å². The Hall–Kier alpha value is -2.97. The molecular formula is C23H26N4O3S. The first-order valence-electron chi connectivity index (χ1n) is 10.4. The van der Waals surface area contributed by atoms with Crippen LogP contribution in [0.25, 0.3) is 10.8 Å². The fourth-order valence-electron chi connectivity index (χ4n) is 3.90. The summed E-state index contributed by atoms with van der Waals surface area (Å²) in [7, 11) is -1.96. The molecule has 0 spiro atoms. The van der Waals surface area contributed by atoms with Crippen LogP contribution in [0, 0.1) is 0 Å². The predicted molar refractivity (Wildman–Crippen MR) is 122 cm³/mol. The summed E-state index contributed by atoms with van der Waals surface area (Å²) in [5.74, 6) is 0.506. The third-order valence-corrected chi connectivity index (χ3v) is 7.55. The van der Waals surface area contributed by atoms with E-state index in [9.17, 15) is 13.2 Å². The van der Waals surface area contributed by atoms with E-state index in [1.807, 2.05) is 30.3 Å². The van der Waals surface area contributed by atoms with E-state index in [1.54, 1.807) is 35.6 Å². The number of fused-ring (bicyclic) bond motifs is 1. The molecule has 1 aliphatic rings. The van der Waals surface area contributed by atoms with Crippen molar-refractivity contribution in [3.63, 3.8) is 0 Å². The maximum absolute atomic E-state index is 13.2. The van der Waals surface area contributed by atoms with E-state index in [-0.39, 0.29) is 11.9 Å². The van der Waals surface area contributed by atoms with Gasteiger partial charge in [-0.1, -0.05) is 30.3 Å². The Bertz CT molecular complexity index is 1180. The summed E-state index contributed by atoms with van der Waals surface area (Å²) < 4.78 is 28.1. The first kappa shape index (κ1) is 21.3. The zero-order valence-electron chi connectivity index (χ0n) is 17.4. The molecule has 162 valence electrons. The number of rotatable bonds is 5. The number of benzene rings is 2. The number of aromatic nitrogens is 1.